The SMILES string of the molecule is CCOc1nc(N)n(-c2cccc(C(F)(F)F)c2)n1. The van der Waals surface area contributed by atoms with Crippen molar-refractivity contribution in [3.8, 4) is 11.7 Å². The van der Waals surface area contributed by atoms with E-state index in [0.717, 1.165) is 16.8 Å². The van der Waals surface area contributed by atoms with Crippen LogP contribution in [-0.4, -0.2) is 21.4 Å². The number of aromatic nitrogens is 3. The van der Waals surface area contributed by atoms with Crippen LogP contribution >= 0.6 is 0 Å². The fourth-order valence-electron chi connectivity index (χ4n) is 1.50. The number of halogens is 3. The molecule has 1 aromatic carbocycles. The van der Waals surface area contributed by atoms with E-state index in [0.29, 0.717) is 6.61 Å². The molecule has 0 aliphatic heterocycles. The Morgan fingerprint density at radius 2 is 2.11 bits per heavy atom. The first-order valence-corrected chi connectivity index (χ1v) is 5.44. The molecule has 19 heavy (non-hydrogen) atoms. The van der Waals surface area contributed by atoms with Crippen LogP contribution in [0.5, 0.6) is 6.01 Å². The van der Waals surface area contributed by atoms with Crippen LogP contribution in [0.1, 0.15) is 12.5 Å². The van der Waals surface area contributed by atoms with Crippen molar-refractivity contribution in [2.24, 2.45) is 0 Å². The number of alkyl halides is 3. The summed E-state index contributed by atoms with van der Waals surface area (Å²) in [5, 5.41) is 3.88. The minimum Gasteiger partial charge on any atom is -0.463 e. The zero-order valence-electron chi connectivity index (χ0n) is 9.98. The van der Waals surface area contributed by atoms with Crippen LogP contribution in [-0.2, 0) is 6.18 Å². The first-order valence-electron chi connectivity index (χ1n) is 5.44. The first kappa shape index (κ1) is 13.2. The Bertz CT molecular complexity index is 580. The van der Waals surface area contributed by atoms with Gasteiger partial charge in [0, 0.05) is 0 Å². The van der Waals surface area contributed by atoms with E-state index in [1.807, 2.05) is 0 Å². The Labute approximate surface area is 106 Å². The van der Waals surface area contributed by atoms with Gasteiger partial charge in [0.2, 0.25) is 5.95 Å². The number of hydrogen-bond donors (Lipinski definition) is 1. The van der Waals surface area contributed by atoms with Crippen molar-refractivity contribution in [3.63, 3.8) is 0 Å². The van der Waals surface area contributed by atoms with Crippen LogP contribution in [0, 0.1) is 0 Å². The molecule has 0 bridgehead atoms. The Kier molecular flexibility index (Phi) is 3.32. The van der Waals surface area contributed by atoms with E-state index < -0.39 is 11.7 Å². The molecule has 0 aliphatic rings. The van der Waals surface area contributed by atoms with Gasteiger partial charge in [-0.25, -0.2) is 0 Å². The first-order chi connectivity index (χ1) is 8.91. The molecule has 0 unspecified atom stereocenters. The van der Waals surface area contributed by atoms with E-state index in [4.69, 9.17) is 10.5 Å². The van der Waals surface area contributed by atoms with Gasteiger partial charge in [-0.1, -0.05) is 6.07 Å². The summed E-state index contributed by atoms with van der Waals surface area (Å²) in [6.07, 6.45) is -4.42. The van der Waals surface area contributed by atoms with Gasteiger partial charge >= 0.3 is 12.2 Å². The fraction of sp³-hybridized carbons (Fsp3) is 0.273. The number of nitrogens with two attached hydrogens (primary N) is 1. The molecule has 2 aromatic rings. The maximum Gasteiger partial charge on any atom is 0.416 e. The zero-order valence-corrected chi connectivity index (χ0v) is 9.98. The summed E-state index contributed by atoms with van der Waals surface area (Å²) in [7, 11) is 0. The summed E-state index contributed by atoms with van der Waals surface area (Å²) < 4.78 is 44.0. The van der Waals surface area contributed by atoms with Crippen LogP contribution in [0.3, 0.4) is 0 Å². The molecule has 0 aliphatic carbocycles. The van der Waals surface area contributed by atoms with E-state index in [2.05, 4.69) is 10.1 Å². The van der Waals surface area contributed by atoms with Crippen LogP contribution in [0.2, 0.25) is 0 Å². The van der Waals surface area contributed by atoms with Crippen LogP contribution < -0.4 is 10.5 Å². The molecule has 0 amide bonds. The summed E-state index contributed by atoms with van der Waals surface area (Å²) in [5.41, 5.74) is 4.98. The number of nitrogens with zero attached hydrogens (tertiary/aromatic N) is 3. The lowest BCUT2D eigenvalue weighted by Crippen LogP contribution is -2.08. The van der Waals surface area contributed by atoms with Gasteiger partial charge < -0.3 is 10.5 Å². The summed E-state index contributed by atoms with van der Waals surface area (Å²) >= 11 is 0. The average Bonchev–Trinajstić information content (AvgIpc) is 2.70. The summed E-state index contributed by atoms with van der Waals surface area (Å²) in [4.78, 5) is 3.79. The Morgan fingerprint density at radius 3 is 2.74 bits per heavy atom. The lowest BCUT2D eigenvalue weighted by molar-refractivity contribution is -0.137. The van der Waals surface area contributed by atoms with Gasteiger partial charge in [-0.3, -0.25) is 0 Å². The smallest absolute Gasteiger partial charge is 0.416 e. The molecule has 1 aromatic heterocycles. The third-order valence-electron chi connectivity index (χ3n) is 2.30. The highest BCUT2D eigenvalue weighted by molar-refractivity contribution is 5.41. The molecule has 0 atom stereocenters. The molecular formula is C11H11F3N4O. The highest BCUT2D eigenvalue weighted by atomic mass is 19.4. The molecule has 0 saturated heterocycles. The van der Waals surface area contributed by atoms with Crippen LogP contribution in [0.4, 0.5) is 19.1 Å². The highest BCUT2D eigenvalue weighted by Crippen LogP contribution is 2.30. The van der Waals surface area contributed by atoms with Gasteiger partial charge in [-0.2, -0.15) is 22.8 Å². The van der Waals surface area contributed by atoms with Crippen molar-refractivity contribution < 1.29 is 17.9 Å². The van der Waals surface area contributed by atoms with Crippen molar-refractivity contribution in [2.45, 2.75) is 13.1 Å². The van der Waals surface area contributed by atoms with E-state index >= 15 is 0 Å². The fourth-order valence-corrected chi connectivity index (χ4v) is 1.50. The van der Waals surface area contributed by atoms with Crippen LogP contribution in [0.25, 0.3) is 5.69 Å². The Balaban J connectivity index is 2.42. The monoisotopic (exact) mass is 272 g/mol. The normalized spacial score (nSPS) is 11.6. The van der Waals surface area contributed by atoms with Crippen molar-refractivity contribution in [3.05, 3.63) is 29.8 Å². The van der Waals surface area contributed by atoms with E-state index in [1.54, 1.807) is 6.92 Å². The molecule has 1 heterocycles. The summed E-state index contributed by atoms with van der Waals surface area (Å²) in [6, 6.07) is 4.67. The topological polar surface area (TPSA) is 66.0 Å². The molecule has 5 nitrogen and oxygen atoms in total. The summed E-state index contributed by atoms with van der Waals surface area (Å²) in [5.74, 6) is -0.0391. The molecule has 8 heteroatoms. The minimum absolute atomic E-state index is 0.0254. The van der Waals surface area contributed by atoms with Gasteiger partial charge in [-0.15, -0.1) is 5.10 Å². The molecule has 0 fully saturated rings. The number of ether oxygens (including phenoxy) is 1. The van der Waals surface area contributed by atoms with Crippen LogP contribution in [0.15, 0.2) is 24.3 Å². The van der Waals surface area contributed by atoms with Gasteiger partial charge in [-0.05, 0) is 25.1 Å². The van der Waals surface area contributed by atoms with E-state index in [9.17, 15) is 13.2 Å². The number of rotatable bonds is 3. The molecule has 0 spiro atoms. The minimum atomic E-state index is -4.42. The second-order valence-corrected chi connectivity index (χ2v) is 3.65. The largest absolute Gasteiger partial charge is 0.463 e. The van der Waals surface area contributed by atoms with Crippen molar-refractivity contribution >= 4 is 5.95 Å². The van der Waals surface area contributed by atoms with Gasteiger partial charge in [0.1, 0.15) is 0 Å². The van der Waals surface area contributed by atoms with E-state index in [1.165, 1.54) is 12.1 Å². The second-order valence-electron chi connectivity index (χ2n) is 3.65. The Morgan fingerprint density at radius 1 is 1.37 bits per heavy atom. The maximum atomic E-state index is 12.6. The standard InChI is InChI=1S/C11H11F3N4O/c1-2-19-10-16-9(15)18(17-10)8-5-3-4-7(6-8)11(12,13)14/h3-6H,2H2,1H3,(H2,15,16,17). The van der Waals surface area contributed by atoms with Gasteiger partial charge in [0.15, 0.2) is 0 Å². The summed E-state index contributed by atoms with van der Waals surface area (Å²) in [6.45, 7) is 2.08. The lowest BCUT2D eigenvalue weighted by atomic mass is 10.2. The second kappa shape index (κ2) is 4.79. The third-order valence-corrected chi connectivity index (χ3v) is 2.30. The number of hydrogen-bond acceptors (Lipinski definition) is 4. The van der Waals surface area contributed by atoms with Crippen molar-refractivity contribution in [1.29, 1.82) is 0 Å². The lowest BCUT2D eigenvalue weighted by Gasteiger charge is -2.08. The number of anilines is 1. The molecule has 0 radical (unpaired) electrons. The van der Waals surface area contributed by atoms with Crippen molar-refractivity contribution in [1.82, 2.24) is 14.8 Å². The highest BCUT2D eigenvalue weighted by Gasteiger charge is 2.30. The Hall–Kier alpha value is -2.25. The number of nitrogen functional groups attached to an aromatic ring is 1. The number of benzene rings is 1. The predicted molar refractivity (Wildman–Crippen MR) is 61.9 cm³/mol. The molecule has 2 rings (SSSR count). The molecule has 0 saturated carbocycles. The van der Waals surface area contributed by atoms with Gasteiger partial charge in [0.25, 0.3) is 0 Å². The maximum absolute atomic E-state index is 12.6. The zero-order chi connectivity index (χ0) is 14.0. The molecule has 102 valence electrons. The third kappa shape index (κ3) is 2.78. The predicted octanol–water partition coefficient (Wildman–Crippen LogP) is 2.27. The molecule has 2 N–H and O–H groups in total. The quantitative estimate of drug-likeness (QED) is 0.930. The van der Waals surface area contributed by atoms with E-state index in [-0.39, 0.29) is 17.6 Å². The molecular weight excluding hydrogens is 261 g/mol. The van der Waals surface area contributed by atoms with Crippen molar-refractivity contribution in [2.75, 3.05) is 12.3 Å². The van der Waals surface area contributed by atoms with Gasteiger partial charge in [0.05, 0.1) is 17.9 Å². The average molecular weight is 272 g/mol.